The molecule has 0 atom stereocenters. The van der Waals surface area contributed by atoms with E-state index in [4.69, 9.17) is 5.73 Å². The van der Waals surface area contributed by atoms with Crippen molar-refractivity contribution in [1.29, 1.82) is 0 Å². The zero-order valence-electron chi connectivity index (χ0n) is 10.8. The van der Waals surface area contributed by atoms with E-state index in [1.165, 1.54) is 5.56 Å². The topological polar surface area (TPSA) is 85.8 Å². The van der Waals surface area contributed by atoms with Crippen LogP contribution in [0, 0.1) is 0 Å². The third-order valence-corrected chi connectivity index (χ3v) is 3.44. The third kappa shape index (κ3) is 2.59. The molecule has 0 unspecified atom stereocenters. The first-order chi connectivity index (χ1) is 9.72. The molecule has 20 heavy (non-hydrogen) atoms. The summed E-state index contributed by atoms with van der Waals surface area (Å²) in [5.74, 6) is 1.19. The summed E-state index contributed by atoms with van der Waals surface area (Å²) in [6, 6.07) is 2.07. The van der Waals surface area contributed by atoms with Crippen molar-refractivity contribution in [3.8, 4) is 5.95 Å². The Labute approximate surface area is 119 Å². The van der Waals surface area contributed by atoms with Crippen LogP contribution < -0.4 is 10.6 Å². The molecule has 3 aromatic heterocycles. The van der Waals surface area contributed by atoms with Crippen molar-refractivity contribution in [3.05, 3.63) is 41.1 Å². The zero-order chi connectivity index (χ0) is 13.9. The van der Waals surface area contributed by atoms with Gasteiger partial charge in [-0.25, -0.2) is 4.98 Å². The van der Waals surface area contributed by atoms with E-state index in [0.29, 0.717) is 11.9 Å². The maximum absolute atomic E-state index is 5.76. The van der Waals surface area contributed by atoms with Gasteiger partial charge in [0.2, 0.25) is 17.8 Å². The maximum Gasteiger partial charge on any atom is 0.241 e. The van der Waals surface area contributed by atoms with Crippen molar-refractivity contribution in [1.82, 2.24) is 24.5 Å². The van der Waals surface area contributed by atoms with Gasteiger partial charge in [0.15, 0.2) is 0 Å². The molecule has 0 amide bonds. The average Bonchev–Trinajstić information content (AvgIpc) is 3.11. The van der Waals surface area contributed by atoms with Gasteiger partial charge < -0.3 is 10.6 Å². The molecule has 0 aromatic carbocycles. The molecule has 0 aliphatic carbocycles. The Morgan fingerprint density at radius 2 is 2.25 bits per heavy atom. The lowest BCUT2D eigenvalue weighted by atomic mass is 10.3. The lowest BCUT2D eigenvalue weighted by Crippen LogP contribution is -2.21. The monoisotopic (exact) mass is 287 g/mol. The Balaban J connectivity index is 1.89. The molecular weight excluding hydrogens is 274 g/mol. The summed E-state index contributed by atoms with van der Waals surface area (Å²) < 4.78 is 1.69. The molecule has 0 aliphatic rings. The van der Waals surface area contributed by atoms with E-state index in [-0.39, 0.29) is 5.95 Å². The van der Waals surface area contributed by atoms with Crippen LogP contribution in [0.25, 0.3) is 5.95 Å². The van der Waals surface area contributed by atoms with Gasteiger partial charge >= 0.3 is 0 Å². The lowest BCUT2D eigenvalue weighted by molar-refractivity contribution is 0.829. The van der Waals surface area contributed by atoms with Gasteiger partial charge in [0.1, 0.15) is 6.33 Å². The highest BCUT2D eigenvalue weighted by atomic mass is 32.1. The van der Waals surface area contributed by atoms with Crippen LogP contribution in [0.15, 0.2) is 35.5 Å². The molecule has 102 valence electrons. The van der Waals surface area contributed by atoms with Crippen molar-refractivity contribution in [3.63, 3.8) is 0 Å². The Morgan fingerprint density at radius 3 is 2.95 bits per heavy atom. The molecule has 0 bridgehead atoms. The number of hydrogen-bond acceptors (Lipinski definition) is 7. The van der Waals surface area contributed by atoms with Gasteiger partial charge in [-0.15, -0.1) is 0 Å². The van der Waals surface area contributed by atoms with Crippen LogP contribution in [0.4, 0.5) is 11.9 Å². The van der Waals surface area contributed by atoms with Gasteiger partial charge in [0, 0.05) is 26.0 Å². The number of thiophene rings is 1. The Morgan fingerprint density at radius 1 is 1.35 bits per heavy atom. The fourth-order valence-corrected chi connectivity index (χ4v) is 2.42. The Hall–Kier alpha value is -2.48. The number of nitrogens with zero attached hydrogens (tertiary/aromatic N) is 6. The van der Waals surface area contributed by atoms with Gasteiger partial charge in [-0.2, -0.15) is 26.3 Å². The number of anilines is 2. The van der Waals surface area contributed by atoms with Crippen LogP contribution in [0.1, 0.15) is 5.56 Å². The molecule has 0 radical (unpaired) electrons. The fraction of sp³-hybridized carbons (Fsp3) is 0.167. The highest BCUT2D eigenvalue weighted by Crippen LogP contribution is 2.14. The minimum absolute atomic E-state index is 0.191. The van der Waals surface area contributed by atoms with E-state index in [2.05, 4.69) is 31.4 Å². The van der Waals surface area contributed by atoms with E-state index < -0.39 is 0 Å². The zero-order valence-corrected chi connectivity index (χ0v) is 11.7. The average molecular weight is 287 g/mol. The van der Waals surface area contributed by atoms with Crippen LogP contribution in [0.2, 0.25) is 0 Å². The molecule has 2 N–H and O–H groups in total. The third-order valence-electron chi connectivity index (χ3n) is 2.71. The molecule has 0 spiro atoms. The first-order valence-electron chi connectivity index (χ1n) is 5.94. The molecule has 0 fully saturated rings. The maximum atomic E-state index is 5.76. The predicted octanol–water partition coefficient (Wildman–Crippen LogP) is 1.34. The number of rotatable bonds is 4. The van der Waals surface area contributed by atoms with Crippen molar-refractivity contribution < 1.29 is 0 Å². The fourth-order valence-electron chi connectivity index (χ4n) is 1.76. The largest absolute Gasteiger partial charge is 0.368 e. The van der Waals surface area contributed by atoms with Crippen LogP contribution in [-0.4, -0.2) is 31.6 Å². The number of hydrogen-bond donors (Lipinski definition) is 1. The molecular formula is C12H13N7S. The molecule has 0 saturated carbocycles. The SMILES string of the molecule is CN(Cc1ccsc1)c1nc(N)nc(-n2ccnc2)n1. The highest BCUT2D eigenvalue weighted by Gasteiger charge is 2.10. The van der Waals surface area contributed by atoms with Gasteiger partial charge in [-0.1, -0.05) is 0 Å². The van der Waals surface area contributed by atoms with E-state index in [9.17, 15) is 0 Å². The van der Waals surface area contributed by atoms with Crippen molar-refractivity contribution in [2.75, 3.05) is 17.7 Å². The second-order valence-electron chi connectivity index (χ2n) is 4.25. The van der Waals surface area contributed by atoms with Gasteiger partial charge in [-0.05, 0) is 22.4 Å². The first kappa shape index (κ1) is 12.5. The van der Waals surface area contributed by atoms with E-state index in [1.807, 2.05) is 17.3 Å². The minimum atomic E-state index is 0.191. The first-order valence-corrected chi connectivity index (χ1v) is 6.89. The lowest BCUT2D eigenvalue weighted by Gasteiger charge is -2.17. The molecule has 3 rings (SSSR count). The van der Waals surface area contributed by atoms with Crippen LogP contribution >= 0.6 is 11.3 Å². The molecule has 7 nitrogen and oxygen atoms in total. The van der Waals surface area contributed by atoms with Crippen LogP contribution in [0.3, 0.4) is 0 Å². The number of aromatic nitrogens is 5. The van der Waals surface area contributed by atoms with E-state index in [1.54, 1.807) is 34.6 Å². The van der Waals surface area contributed by atoms with E-state index in [0.717, 1.165) is 6.54 Å². The summed E-state index contributed by atoms with van der Waals surface area (Å²) in [6.07, 6.45) is 5.05. The van der Waals surface area contributed by atoms with E-state index >= 15 is 0 Å². The highest BCUT2D eigenvalue weighted by molar-refractivity contribution is 7.07. The Bertz CT molecular complexity index is 678. The summed E-state index contributed by atoms with van der Waals surface area (Å²) in [5.41, 5.74) is 6.97. The van der Waals surface area contributed by atoms with Gasteiger partial charge in [-0.3, -0.25) is 4.57 Å². The Kier molecular flexibility index (Phi) is 3.30. The number of nitrogen functional groups attached to an aromatic ring is 1. The van der Waals surface area contributed by atoms with Crippen molar-refractivity contribution in [2.24, 2.45) is 0 Å². The molecule has 0 saturated heterocycles. The molecule has 3 aromatic rings. The van der Waals surface area contributed by atoms with Gasteiger partial charge in [0.25, 0.3) is 0 Å². The summed E-state index contributed by atoms with van der Waals surface area (Å²) in [6.45, 7) is 0.719. The minimum Gasteiger partial charge on any atom is -0.368 e. The number of imidazole rings is 1. The standard InChI is InChI=1S/C12H13N7S/c1-18(6-9-2-5-20-7-9)11-15-10(13)16-12(17-11)19-4-3-14-8-19/h2-5,7-8H,6H2,1H3,(H2,13,15,16,17). The summed E-state index contributed by atoms with van der Waals surface area (Å²) in [4.78, 5) is 18.6. The summed E-state index contributed by atoms with van der Waals surface area (Å²) in [7, 11) is 1.92. The van der Waals surface area contributed by atoms with Crippen LogP contribution in [-0.2, 0) is 6.54 Å². The normalized spacial score (nSPS) is 10.7. The molecule has 3 heterocycles. The van der Waals surface area contributed by atoms with Gasteiger partial charge in [0.05, 0.1) is 0 Å². The van der Waals surface area contributed by atoms with Crippen molar-refractivity contribution in [2.45, 2.75) is 6.54 Å². The second-order valence-corrected chi connectivity index (χ2v) is 5.03. The number of nitrogens with two attached hydrogens (primary N) is 1. The van der Waals surface area contributed by atoms with Crippen molar-refractivity contribution >= 4 is 23.2 Å². The predicted molar refractivity (Wildman–Crippen MR) is 77.8 cm³/mol. The van der Waals surface area contributed by atoms with Crippen LogP contribution in [0.5, 0.6) is 0 Å². The second kappa shape index (κ2) is 5.25. The quantitative estimate of drug-likeness (QED) is 0.779. The summed E-state index contributed by atoms with van der Waals surface area (Å²) in [5, 5.41) is 4.14. The summed E-state index contributed by atoms with van der Waals surface area (Å²) >= 11 is 1.66. The molecule has 0 aliphatic heterocycles. The smallest absolute Gasteiger partial charge is 0.241 e. The molecule has 8 heteroatoms.